The lowest BCUT2D eigenvalue weighted by Crippen LogP contribution is -2.13. The number of hydrogen-bond donors (Lipinski definition) is 2. The molecular formula is C23H17F3N6O2S. The molecule has 8 nitrogen and oxygen atoms in total. The number of aromatic nitrogens is 4. The quantitative estimate of drug-likeness (QED) is 0.348. The Morgan fingerprint density at radius 2 is 1.54 bits per heavy atom. The molecule has 2 heterocycles. The van der Waals surface area contributed by atoms with Gasteiger partial charge in [0, 0.05) is 23.1 Å². The number of hydrogen-bond acceptors (Lipinski definition) is 6. The molecule has 0 bridgehead atoms. The molecule has 3 aromatic carbocycles. The van der Waals surface area contributed by atoms with Crippen LogP contribution in [0.25, 0.3) is 16.6 Å². The predicted molar refractivity (Wildman–Crippen MR) is 125 cm³/mol. The van der Waals surface area contributed by atoms with Crippen LogP contribution in [0.2, 0.25) is 0 Å². The van der Waals surface area contributed by atoms with Crippen LogP contribution in [0, 0.1) is 6.92 Å². The Kier molecular flexibility index (Phi) is 5.32. The topological polar surface area (TPSA) is 101 Å². The first kappa shape index (κ1) is 22.6. The van der Waals surface area contributed by atoms with Crippen molar-refractivity contribution in [2.24, 2.45) is 0 Å². The van der Waals surface area contributed by atoms with Gasteiger partial charge in [0.25, 0.3) is 21.6 Å². The van der Waals surface area contributed by atoms with Crippen molar-refractivity contribution >= 4 is 43.8 Å². The maximum atomic E-state index is 13.0. The third kappa shape index (κ3) is 4.60. The predicted octanol–water partition coefficient (Wildman–Crippen LogP) is 5.15. The van der Waals surface area contributed by atoms with E-state index in [1.54, 1.807) is 19.1 Å². The molecule has 12 heteroatoms. The summed E-state index contributed by atoms with van der Waals surface area (Å²) in [6.07, 6.45) is -4.72. The van der Waals surface area contributed by atoms with E-state index in [1.807, 2.05) is 30.3 Å². The molecule has 5 rings (SSSR count). The molecule has 178 valence electrons. The Labute approximate surface area is 197 Å². The minimum absolute atomic E-state index is 0.0207. The molecule has 0 aliphatic carbocycles. The van der Waals surface area contributed by atoms with E-state index in [-0.39, 0.29) is 16.5 Å². The van der Waals surface area contributed by atoms with E-state index in [9.17, 15) is 21.6 Å². The smallest absolute Gasteiger partial charge is 0.340 e. The zero-order valence-corrected chi connectivity index (χ0v) is 18.9. The van der Waals surface area contributed by atoms with Crippen LogP contribution in [0.4, 0.5) is 30.4 Å². The first-order valence-corrected chi connectivity index (χ1v) is 11.8. The average Bonchev–Trinajstić information content (AvgIpc) is 3.24. The van der Waals surface area contributed by atoms with Gasteiger partial charge in [-0.1, -0.05) is 30.3 Å². The third-order valence-electron chi connectivity index (χ3n) is 5.13. The Morgan fingerprint density at radius 3 is 2.26 bits per heavy atom. The van der Waals surface area contributed by atoms with Gasteiger partial charge in [0.2, 0.25) is 0 Å². The monoisotopic (exact) mass is 498 g/mol. The molecule has 0 aliphatic heterocycles. The number of nitrogens with zero attached hydrogens (tertiary/aromatic N) is 4. The van der Waals surface area contributed by atoms with Gasteiger partial charge >= 0.3 is 6.18 Å². The van der Waals surface area contributed by atoms with Gasteiger partial charge in [0.15, 0.2) is 0 Å². The Morgan fingerprint density at radius 1 is 0.857 bits per heavy atom. The van der Waals surface area contributed by atoms with E-state index in [2.05, 4.69) is 25.1 Å². The van der Waals surface area contributed by atoms with Gasteiger partial charge in [0.05, 0.1) is 4.90 Å². The van der Waals surface area contributed by atoms with E-state index in [0.717, 1.165) is 15.3 Å². The molecule has 0 unspecified atom stereocenters. The average molecular weight is 498 g/mol. The highest BCUT2D eigenvalue weighted by Crippen LogP contribution is 2.28. The van der Waals surface area contributed by atoms with Crippen molar-refractivity contribution in [1.82, 2.24) is 19.6 Å². The molecule has 0 saturated heterocycles. The molecule has 0 saturated carbocycles. The van der Waals surface area contributed by atoms with Crippen LogP contribution in [0.1, 0.15) is 11.5 Å². The van der Waals surface area contributed by atoms with Gasteiger partial charge in [-0.05, 0) is 54.1 Å². The van der Waals surface area contributed by atoms with E-state index >= 15 is 0 Å². The summed E-state index contributed by atoms with van der Waals surface area (Å²) in [5.41, 5.74) is 1.29. The lowest BCUT2D eigenvalue weighted by Gasteiger charge is -2.11. The van der Waals surface area contributed by atoms with Crippen molar-refractivity contribution in [1.29, 1.82) is 0 Å². The van der Waals surface area contributed by atoms with E-state index in [4.69, 9.17) is 0 Å². The molecule has 0 fully saturated rings. The van der Waals surface area contributed by atoms with Crippen LogP contribution in [0.3, 0.4) is 0 Å². The number of benzene rings is 3. The summed E-state index contributed by atoms with van der Waals surface area (Å²) < 4.78 is 68.3. The summed E-state index contributed by atoms with van der Waals surface area (Å²) in [5, 5.41) is 8.32. The highest BCUT2D eigenvalue weighted by atomic mass is 32.2. The van der Waals surface area contributed by atoms with E-state index in [1.165, 1.54) is 30.3 Å². The number of anilines is 3. The lowest BCUT2D eigenvalue weighted by molar-refractivity contribution is -0.144. The number of alkyl halides is 3. The molecule has 0 radical (unpaired) electrons. The lowest BCUT2D eigenvalue weighted by atomic mass is 10.1. The maximum absolute atomic E-state index is 13.0. The minimum Gasteiger partial charge on any atom is -0.340 e. The second kappa shape index (κ2) is 8.24. The van der Waals surface area contributed by atoms with E-state index < -0.39 is 22.0 Å². The SMILES string of the molecule is Cc1cc(Nc2ccc(S(=O)(=O)Nc3ccc4ccccc4c3)cc2)n2nc(C(F)(F)F)nc2n1. The molecule has 2 aromatic heterocycles. The van der Waals surface area contributed by atoms with Crippen molar-refractivity contribution < 1.29 is 21.6 Å². The second-order valence-electron chi connectivity index (χ2n) is 7.74. The highest BCUT2D eigenvalue weighted by molar-refractivity contribution is 7.92. The van der Waals surface area contributed by atoms with Gasteiger partial charge in [-0.25, -0.2) is 13.4 Å². The van der Waals surface area contributed by atoms with Crippen LogP contribution in [0.15, 0.2) is 77.7 Å². The number of halogens is 3. The van der Waals surface area contributed by atoms with Gasteiger partial charge in [-0.3, -0.25) is 4.72 Å². The van der Waals surface area contributed by atoms with E-state index in [0.29, 0.717) is 17.1 Å². The molecule has 0 spiro atoms. The number of aryl methyl sites for hydroxylation is 1. The van der Waals surface area contributed by atoms with Crippen molar-refractivity contribution in [2.75, 3.05) is 10.0 Å². The van der Waals surface area contributed by atoms with Gasteiger partial charge in [-0.2, -0.15) is 22.7 Å². The molecule has 0 atom stereocenters. The largest absolute Gasteiger partial charge is 0.453 e. The zero-order chi connectivity index (χ0) is 24.8. The van der Waals surface area contributed by atoms with Crippen molar-refractivity contribution in [3.8, 4) is 0 Å². The van der Waals surface area contributed by atoms with Crippen LogP contribution < -0.4 is 10.0 Å². The fourth-order valence-corrected chi connectivity index (χ4v) is 4.58. The molecule has 0 aliphatic rings. The zero-order valence-electron chi connectivity index (χ0n) is 18.1. The molecule has 2 N–H and O–H groups in total. The van der Waals surface area contributed by atoms with Crippen LogP contribution in [0.5, 0.6) is 0 Å². The number of fused-ring (bicyclic) bond motifs is 2. The standard InChI is InChI=1S/C23H17F3N6O2S/c1-14-12-20(32-22(27-14)29-21(30-32)23(24,25)26)28-17-8-10-19(11-9-17)35(33,34)31-18-7-6-15-4-2-3-5-16(15)13-18/h2-13,28,31H,1H3. The van der Waals surface area contributed by atoms with Crippen molar-refractivity contribution in [2.45, 2.75) is 18.0 Å². The third-order valence-corrected chi connectivity index (χ3v) is 6.53. The van der Waals surface area contributed by atoms with Crippen molar-refractivity contribution in [3.63, 3.8) is 0 Å². The highest BCUT2D eigenvalue weighted by Gasteiger charge is 2.36. The minimum atomic E-state index is -4.72. The number of rotatable bonds is 5. The maximum Gasteiger partial charge on any atom is 0.453 e. The van der Waals surface area contributed by atoms with Crippen LogP contribution in [-0.2, 0) is 16.2 Å². The normalized spacial score (nSPS) is 12.2. The summed E-state index contributed by atoms with van der Waals surface area (Å²) in [6.45, 7) is 1.61. The summed E-state index contributed by atoms with van der Waals surface area (Å²) in [4.78, 5) is 7.44. The first-order valence-electron chi connectivity index (χ1n) is 10.3. The van der Waals surface area contributed by atoms with Crippen molar-refractivity contribution in [3.05, 3.63) is 84.3 Å². The second-order valence-corrected chi connectivity index (χ2v) is 9.43. The Balaban J connectivity index is 1.39. The van der Waals surface area contributed by atoms with Crippen LogP contribution >= 0.6 is 0 Å². The summed E-state index contributed by atoms with van der Waals surface area (Å²) in [6, 6.07) is 20.1. The number of sulfonamides is 1. The molecule has 5 aromatic rings. The summed E-state index contributed by atoms with van der Waals surface area (Å²) in [7, 11) is -3.87. The molecule has 35 heavy (non-hydrogen) atoms. The van der Waals surface area contributed by atoms with Gasteiger partial charge in [-0.15, -0.1) is 5.10 Å². The number of nitrogens with one attached hydrogen (secondary N) is 2. The van der Waals surface area contributed by atoms with Gasteiger partial charge < -0.3 is 5.32 Å². The van der Waals surface area contributed by atoms with Crippen LogP contribution in [-0.4, -0.2) is 28.0 Å². The summed E-state index contributed by atoms with van der Waals surface area (Å²) >= 11 is 0. The van der Waals surface area contributed by atoms with Gasteiger partial charge in [0.1, 0.15) is 5.82 Å². The fourth-order valence-electron chi connectivity index (χ4n) is 3.53. The molecular weight excluding hydrogens is 481 g/mol. The first-order chi connectivity index (χ1) is 16.6. The Bertz CT molecular complexity index is 1670. The fraction of sp³-hybridized carbons (Fsp3) is 0.0870. The Hall–Kier alpha value is -4.19. The molecule has 0 amide bonds. The summed E-state index contributed by atoms with van der Waals surface area (Å²) in [5.74, 6) is -1.32.